The quantitative estimate of drug-likeness (QED) is 0.589. The van der Waals surface area contributed by atoms with Crippen molar-refractivity contribution in [3.8, 4) is 0 Å². The van der Waals surface area contributed by atoms with E-state index < -0.39 is 5.60 Å². The van der Waals surface area contributed by atoms with Crippen LogP contribution in [0, 0.1) is 9.49 Å². The Bertz CT molecular complexity index is 485. The molecule has 1 aliphatic carbocycles. The van der Waals surface area contributed by atoms with Gasteiger partial charge in [0, 0.05) is 3.57 Å². The van der Waals surface area contributed by atoms with E-state index in [4.69, 9.17) is 9.47 Å². The van der Waals surface area contributed by atoms with E-state index in [1.54, 1.807) is 0 Å². The summed E-state index contributed by atoms with van der Waals surface area (Å²) < 4.78 is 12.3. The summed E-state index contributed by atoms with van der Waals surface area (Å²) in [5.41, 5.74) is 0.478. The van der Waals surface area contributed by atoms with E-state index in [2.05, 4.69) is 46.9 Å². The third kappa shape index (κ3) is 2.40. The number of hydrogen-bond donors (Lipinski definition) is 0. The molecule has 0 amide bonds. The second kappa shape index (κ2) is 5.05. The Kier molecular flexibility index (Phi) is 3.55. The van der Waals surface area contributed by atoms with Gasteiger partial charge in [0.1, 0.15) is 0 Å². The van der Waals surface area contributed by atoms with E-state index >= 15 is 0 Å². The zero-order valence-electron chi connectivity index (χ0n) is 10.9. The lowest BCUT2D eigenvalue weighted by atomic mass is 9.89. The molecule has 2 aliphatic rings. The molecule has 1 saturated heterocycles. The Hall–Kier alpha value is -0.620. The number of rotatable bonds is 2. The maximum absolute atomic E-state index is 12.0. The van der Waals surface area contributed by atoms with Gasteiger partial charge in [-0.15, -0.1) is 0 Å². The highest BCUT2D eigenvalue weighted by atomic mass is 127. The van der Waals surface area contributed by atoms with Crippen molar-refractivity contribution in [2.45, 2.75) is 37.4 Å². The molecule has 1 aromatic carbocycles. The van der Waals surface area contributed by atoms with Crippen LogP contribution in [-0.2, 0) is 14.3 Å². The van der Waals surface area contributed by atoms with Crippen LogP contribution in [0.15, 0.2) is 24.3 Å². The Morgan fingerprint density at radius 1 is 1.42 bits per heavy atom. The van der Waals surface area contributed by atoms with Crippen molar-refractivity contribution in [3.05, 3.63) is 33.4 Å². The minimum atomic E-state index is -0.689. The molecule has 0 N–H and O–H groups in total. The summed E-state index contributed by atoms with van der Waals surface area (Å²) in [7, 11) is 1.45. The maximum Gasteiger partial charge on any atom is 0.338 e. The lowest BCUT2D eigenvalue weighted by molar-refractivity contribution is -0.185. The number of halogens is 1. The van der Waals surface area contributed by atoms with Crippen LogP contribution >= 0.6 is 22.6 Å². The third-order valence-electron chi connectivity index (χ3n) is 4.29. The van der Waals surface area contributed by atoms with E-state index in [0.29, 0.717) is 5.92 Å². The molecule has 2 unspecified atom stereocenters. The monoisotopic (exact) mass is 372 g/mol. The topological polar surface area (TPSA) is 35.5 Å². The van der Waals surface area contributed by atoms with Crippen LogP contribution in [0.25, 0.3) is 0 Å². The lowest BCUT2D eigenvalue weighted by Crippen LogP contribution is -2.43. The minimum Gasteiger partial charge on any atom is -0.467 e. The van der Waals surface area contributed by atoms with Gasteiger partial charge in [-0.05, 0) is 71.9 Å². The first-order valence-corrected chi connectivity index (χ1v) is 7.72. The first kappa shape index (κ1) is 13.4. The van der Waals surface area contributed by atoms with Crippen LogP contribution < -0.4 is 0 Å². The van der Waals surface area contributed by atoms with E-state index in [0.717, 1.165) is 25.7 Å². The second-order valence-corrected chi connectivity index (χ2v) is 6.73. The SMILES string of the molecule is COC(=O)C12CCC(C[C@@H](c3ccc(I)cc3)O1)C2. The summed E-state index contributed by atoms with van der Waals surface area (Å²) in [6.45, 7) is 0. The molecule has 102 valence electrons. The van der Waals surface area contributed by atoms with Crippen molar-refractivity contribution in [2.75, 3.05) is 7.11 Å². The molecular formula is C15H17IO3. The second-order valence-electron chi connectivity index (χ2n) is 5.49. The van der Waals surface area contributed by atoms with Crippen LogP contribution in [0.3, 0.4) is 0 Å². The number of carbonyl (C=O) groups excluding carboxylic acids is 1. The summed E-state index contributed by atoms with van der Waals surface area (Å²) in [6.07, 6.45) is 3.72. The smallest absolute Gasteiger partial charge is 0.338 e. The van der Waals surface area contributed by atoms with E-state index in [1.807, 2.05) is 0 Å². The van der Waals surface area contributed by atoms with Crippen molar-refractivity contribution in [2.24, 2.45) is 5.92 Å². The first-order valence-electron chi connectivity index (χ1n) is 6.65. The fourth-order valence-electron chi connectivity index (χ4n) is 3.34. The van der Waals surface area contributed by atoms with Gasteiger partial charge in [0.25, 0.3) is 0 Å². The minimum absolute atomic E-state index is 0.0253. The van der Waals surface area contributed by atoms with Crippen molar-refractivity contribution in [1.82, 2.24) is 0 Å². The molecule has 3 rings (SSSR count). The van der Waals surface area contributed by atoms with Gasteiger partial charge >= 0.3 is 5.97 Å². The summed E-state index contributed by atoms with van der Waals surface area (Å²) >= 11 is 2.29. The van der Waals surface area contributed by atoms with E-state index in [-0.39, 0.29) is 12.1 Å². The highest BCUT2D eigenvalue weighted by molar-refractivity contribution is 14.1. The van der Waals surface area contributed by atoms with E-state index in [9.17, 15) is 4.79 Å². The molecule has 0 spiro atoms. The normalized spacial score (nSPS) is 33.2. The highest BCUT2D eigenvalue weighted by Gasteiger charge is 2.52. The molecule has 3 nitrogen and oxygen atoms in total. The number of carbonyl (C=O) groups is 1. The van der Waals surface area contributed by atoms with Gasteiger partial charge in [-0.3, -0.25) is 0 Å². The predicted octanol–water partition coefficient (Wildman–Crippen LogP) is 3.46. The number of benzene rings is 1. The molecule has 4 heteroatoms. The fourth-order valence-corrected chi connectivity index (χ4v) is 3.70. The van der Waals surface area contributed by atoms with E-state index in [1.165, 1.54) is 16.2 Å². The average molecular weight is 372 g/mol. The number of hydrogen-bond acceptors (Lipinski definition) is 3. The molecule has 0 radical (unpaired) electrons. The molecule has 3 atom stereocenters. The Balaban J connectivity index is 1.86. The van der Waals surface area contributed by atoms with Gasteiger partial charge in [0.15, 0.2) is 5.60 Å². The molecule has 2 bridgehead atoms. The Morgan fingerprint density at radius 3 is 2.84 bits per heavy atom. The van der Waals surface area contributed by atoms with Crippen LogP contribution in [0.5, 0.6) is 0 Å². The molecule has 0 aromatic heterocycles. The van der Waals surface area contributed by atoms with Crippen molar-refractivity contribution in [3.63, 3.8) is 0 Å². The molecule has 1 heterocycles. The summed E-state index contributed by atoms with van der Waals surface area (Å²) in [6, 6.07) is 8.37. The van der Waals surface area contributed by atoms with Crippen LogP contribution in [0.1, 0.15) is 37.4 Å². The van der Waals surface area contributed by atoms with Gasteiger partial charge in [0.2, 0.25) is 0 Å². The summed E-state index contributed by atoms with van der Waals surface area (Å²) in [5, 5.41) is 0. The zero-order valence-corrected chi connectivity index (χ0v) is 13.1. The van der Waals surface area contributed by atoms with Crippen molar-refractivity contribution < 1.29 is 14.3 Å². The standard InChI is InChI=1S/C15H17IO3/c1-18-14(17)15-7-6-10(9-15)8-13(19-15)11-2-4-12(16)5-3-11/h2-5,10,13H,6-9H2,1H3/t10?,13-,15?/m0/s1. The molecule has 1 aliphatic heterocycles. The molecule has 1 aromatic rings. The fraction of sp³-hybridized carbons (Fsp3) is 0.533. The van der Waals surface area contributed by atoms with Gasteiger partial charge in [0.05, 0.1) is 13.2 Å². The van der Waals surface area contributed by atoms with Gasteiger partial charge in [-0.2, -0.15) is 0 Å². The van der Waals surface area contributed by atoms with Crippen molar-refractivity contribution in [1.29, 1.82) is 0 Å². The molecular weight excluding hydrogens is 355 g/mol. The highest BCUT2D eigenvalue weighted by Crippen LogP contribution is 2.50. The van der Waals surface area contributed by atoms with Crippen LogP contribution in [0.4, 0.5) is 0 Å². The number of esters is 1. The first-order chi connectivity index (χ1) is 9.13. The number of ether oxygens (including phenoxy) is 2. The largest absolute Gasteiger partial charge is 0.467 e. The summed E-state index contributed by atoms with van der Waals surface area (Å²) in [4.78, 5) is 12.0. The zero-order chi connectivity index (χ0) is 13.5. The number of fused-ring (bicyclic) bond motifs is 2. The predicted molar refractivity (Wildman–Crippen MR) is 79.7 cm³/mol. The molecule has 1 saturated carbocycles. The lowest BCUT2D eigenvalue weighted by Gasteiger charge is -2.36. The average Bonchev–Trinajstić information content (AvgIpc) is 2.75. The number of methoxy groups -OCH3 is 1. The Morgan fingerprint density at radius 2 is 2.16 bits per heavy atom. The van der Waals surface area contributed by atoms with Gasteiger partial charge in [-0.25, -0.2) is 4.79 Å². The third-order valence-corrected chi connectivity index (χ3v) is 5.01. The molecule has 2 fully saturated rings. The maximum atomic E-state index is 12.0. The van der Waals surface area contributed by atoms with Crippen LogP contribution in [0.2, 0.25) is 0 Å². The van der Waals surface area contributed by atoms with Gasteiger partial charge < -0.3 is 9.47 Å². The Labute approximate surface area is 126 Å². The van der Waals surface area contributed by atoms with Crippen LogP contribution in [-0.4, -0.2) is 18.7 Å². The van der Waals surface area contributed by atoms with Crippen molar-refractivity contribution >= 4 is 28.6 Å². The molecule has 19 heavy (non-hydrogen) atoms. The van der Waals surface area contributed by atoms with Gasteiger partial charge in [-0.1, -0.05) is 12.1 Å². The summed E-state index contributed by atoms with van der Waals surface area (Å²) in [5.74, 6) is 0.377.